The average Bonchev–Trinajstić information content (AvgIpc) is 2.91. The molecule has 3 nitrogen and oxygen atoms in total. The van der Waals surface area contributed by atoms with Crippen molar-refractivity contribution in [2.75, 3.05) is 13.1 Å². The lowest BCUT2D eigenvalue weighted by molar-refractivity contribution is -0.136. The zero-order valence-electron chi connectivity index (χ0n) is 12.8. The molecule has 4 heteroatoms. The molecule has 1 saturated heterocycles. The van der Waals surface area contributed by atoms with E-state index in [2.05, 4.69) is 18.7 Å². The fourth-order valence-corrected chi connectivity index (χ4v) is 4.39. The number of carbonyl (C=O) groups excluding carboxylic acids is 1. The molecule has 0 aromatic carbocycles. The lowest BCUT2D eigenvalue weighted by Gasteiger charge is -2.35. The summed E-state index contributed by atoms with van der Waals surface area (Å²) in [5.41, 5.74) is 6.60. The lowest BCUT2D eigenvalue weighted by Crippen LogP contribution is -2.39. The minimum absolute atomic E-state index is 0. The fourth-order valence-electron chi connectivity index (χ4n) is 4.39. The Morgan fingerprint density at radius 2 is 1.75 bits per heavy atom. The van der Waals surface area contributed by atoms with Crippen LogP contribution in [0.3, 0.4) is 0 Å². The molecular formula is C16H29ClN2O. The number of hydrogen-bond donors (Lipinski definition) is 1. The van der Waals surface area contributed by atoms with Gasteiger partial charge in [0.25, 0.3) is 0 Å². The first-order valence-electron chi connectivity index (χ1n) is 8.01. The first-order valence-corrected chi connectivity index (χ1v) is 8.01. The highest BCUT2D eigenvalue weighted by molar-refractivity contribution is 5.85. The van der Waals surface area contributed by atoms with E-state index in [9.17, 15) is 4.79 Å². The monoisotopic (exact) mass is 300 g/mol. The molecule has 1 aliphatic heterocycles. The molecule has 0 aromatic heterocycles. The number of nitrogens with two attached hydrogens (primary N) is 1. The van der Waals surface area contributed by atoms with E-state index in [0.29, 0.717) is 35.1 Å². The average molecular weight is 301 g/mol. The molecule has 2 aliphatic carbocycles. The molecule has 3 atom stereocenters. The van der Waals surface area contributed by atoms with Crippen LogP contribution in [0, 0.1) is 23.2 Å². The number of likely N-dealkylation sites (tertiary alicyclic amines) is 1. The van der Waals surface area contributed by atoms with Gasteiger partial charge in [0.1, 0.15) is 0 Å². The number of nitrogens with zero attached hydrogens (tertiary/aromatic N) is 1. The molecule has 1 amide bonds. The summed E-state index contributed by atoms with van der Waals surface area (Å²) in [6, 6.07) is 0.341. The third-order valence-electron chi connectivity index (χ3n) is 5.91. The van der Waals surface area contributed by atoms with Crippen molar-refractivity contribution in [3.63, 3.8) is 0 Å². The fraction of sp³-hybridized carbons (Fsp3) is 0.938. The summed E-state index contributed by atoms with van der Waals surface area (Å²) in [7, 11) is 0. The highest BCUT2D eigenvalue weighted by atomic mass is 35.5. The van der Waals surface area contributed by atoms with E-state index in [-0.39, 0.29) is 12.4 Å². The summed E-state index contributed by atoms with van der Waals surface area (Å²) in [6.45, 7) is 6.57. The summed E-state index contributed by atoms with van der Waals surface area (Å²) >= 11 is 0. The molecule has 3 fully saturated rings. The molecule has 0 aromatic rings. The number of halogens is 1. The smallest absolute Gasteiger partial charge is 0.225 e. The number of amides is 1. The number of fused-ring (bicyclic) bond motifs is 1. The van der Waals surface area contributed by atoms with Gasteiger partial charge in [-0.3, -0.25) is 4.79 Å². The summed E-state index contributed by atoms with van der Waals surface area (Å²) in [4.78, 5) is 14.8. The van der Waals surface area contributed by atoms with Crippen molar-refractivity contribution in [2.45, 2.75) is 58.4 Å². The second-order valence-corrected chi connectivity index (χ2v) is 7.85. The highest BCUT2D eigenvalue weighted by Crippen LogP contribution is 2.41. The number of hydrogen-bond acceptors (Lipinski definition) is 2. The summed E-state index contributed by atoms with van der Waals surface area (Å²) in [5.74, 6) is 2.00. The van der Waals surface area contributed by atoms with Crippen LogP contribution in [0.4, 0.5) is 0 Å². The zero-order valence-corrected chi connectivity index (χ0v) is 13.6. The summed E-state index contributed by atoms with van der Waals surface area (Å²) in [6.07, 6.45) is 6.96. The molecular weight excluding hydrogens is 272 g/mol. The van der Waals surface area contributed by atoms with E-state index >= 15 is 0 Å². The van der Waals surface area contributed by atoms with E-state index in [1.807, 2.05) is 0 Å². The largest absolute Gasteiger partial charge is 0.342 e. The van der Waals surface area contributed by atoms with E-state index in [1.54, 1.807) is 0 Å². The SMILES string of the molecule is CC1(C)CCC(C(=O)N2CC3CCC(N)C3C2)CC1.Cl. The Labute approximate surface area is 129 Å². The van der Waals surface area contributed by atoms with Gasteiger partial charge in [0, 0.05) is 25.0 Å². The van der Waals surface area contributed by atoms with Crippen LogP contribution in [0.15, 0.2) is 0 Å². The molecule has 116 valence electrons. The first-order chi connectivity index (χ1) is 8.96. The van der Waals surface area contributed by atoms with Crippen molar-refractivity contribution in [3.8, 4) is 0 Å². The zero-order chi connectivity index (χ0) is 13.6. The van der Waals surface area contributed by atoms with Gasteiger partial charge in [-0.25, -0.2) is 0 Å². The molecule has 1 heterocycles. The van der Waals surface area contributed by atoms with Gasteiger partial charge >= 0.3 is 0 Å². The van der Waals surface area contributed by atoms with Crippen LogP contribution in [0.5, 0.6) is 0 Å². The van der Waals surface area contributed by atoms with Crippen molar-refractivity contribution in [3.05, 3.63) is 0 Å². The van der Waals surface area contributed by atoms with Crippen LogP contribution in [-0.2, 0) is 4.79 Å². The van der Waals surface area contributed by atoms with Gasteiger partial charge in [-0.2, -0.15) is 0 Å². The topological polar surface area (TPSA) is 46.3 Å². The van der Waals surface area contributed by atoms with Gasteiger partial charge in [-0.1, -0.05) is 13.8 Å². The molecule has 0 bridgehead atoms. The highest BCUT2D eigenvalue weighted by Gasteiger charge is 2.44. The van der Waals surface area contributed by atoms with E-state index < -0.39 is 0 Å². The van der Waals surface area contributed by atoms with E-state index in [4.69, 9.17) is 5.73 Å². The molecule has 20 heavy (non-hydrogen) atoms. The number of carbonyl (C=O) groups is 1. The molecule has 3 unspecified atom stereocenters. The molecule has 2 N–H and O–H groups in total. The van der Waals surface area contributed by atoms with Gasteiger partial charge in [0.15, 0.2) is 0 Å². The van der Waals surface area contributed by atoms with Crippen LogP contribution in [0.1, 0.15) is 52.4 Å². The van der Waals surface area contributed by atoms with Crippen LogP contribution >= 0.6 is 12.4 Å². The van der Waals surface area contributed by atoms with Crippen molar-refractivity contribution >= 4 is 18.3 Å². The standard InChI is InChI=1S/C16H28N2O.ClH/c1-16(2)7-5-11(6-8-16)15(19)18-9-12-3-4-14(17)13(12)10-18;/h11-14H,3-10,17H2,1-2H3;1H. The van der Waals surface area contributed by atoms with Crippen LogP contribution in [-0.4, -0.2) is 29.9 Å². The predicted octanol–water partition coefficient (Wildman–Crippen LogP) is 2.82. The van der Waals surface area contributed by atoms with Gasteiger partial charge in [0.05, 0.1) is 0 Å². The second kappa shape index (κ2) is 5.84. The molecule has 0 radical (unpaired) electrons. The summed E-state index contributed by atoms with van der Waals surface area (Å²) < 4.78 is 0. The molecule has 3 rings (SSSR count). The first kappa shape index (κ1) is 16.1. The van der Waals surface area contributed by atoms with Gasteiger partial charge in [-0.15, -0.1) is 12.4 Å². The molecule has 0 spiro atoms. The van der Waals surface area contributed by atoms with E-state index in [1.165, 1.54) is 19.3 Å². The Morgan fingerprint density at radius 3 is 2.35 bits per heavy atom. The van der Waals surface area contributed by atoms with Crippen molar-refractivity contribution in [1.29, 1.82) is 0 Å². The van der Waals surface area contributed by atoms with Crippen LogP contribution in [0.2, 0.25) is 0 Å². The van der Waals surface area contributed by atoms with Gasteiger partial charge in [-0.05, 0) is 55.8 Å². The third kappa shape index (κ3) is 2.99. The maximum absolute atomic E-state index is 12.6. The van der Waals surface area contributed by atoms with Crippen LogP contribution in [0.25, 0.3) is 0 Å². The third-order valence-corrected chi connectivity index (χ3v) is 5.91. The maximum Gasteiger partial charge on any atom is 0.225 e. The maximum atomic E-state index is 12.6. The van der Waals surface area contributed by atoms with Gasteiger partial charge in [0.2, 0.25) is 5.91 Å². The quantitative estimate of drug-likeness (QED) is 0.809. The lowest BCUT2D eigenvalue weighted by atomic mass is 9.73. The minimum atomic E-state index is 0. The number of rotatable bonds is 1. The van der Waals surface area contributed by atoms with Crippen molar-refractivity contribution < 1.29 is 4.79 Å². The normalized spacial score (nSPS) is 36.5. The minimum Gasteiger partial charge on any atom is -0.342 e. The van der Waals surface area contributed by atoms with E-state index in [0.717, 1.165) is 32.4 Å². The Hall–Kier alpha value is -0.280. The predicted molar refractivity (Wildman–Crippen MR) is 83.8 cm³/mol. The molecule has 2 saturated carbocycles. The Morgan fingerprint density at radius 1 is 1.10 bits per heavy atom. The Kier molecular flexibility index (Phi) is 4.70. The molecule has 3 aliphatic rings. The van der Waals surface area contributed by atoms with Crippen LogP contribution < -0.4 is 5.73 Å². The second-order valence-electron chi connectivity index (χ2n) is 7.85. The Balaban J connectivity index is 0.00000147. The van der Waals surface area contributed by atoms with Crippen molar-refractivity contribution in [2.24, 2.45) is 28.9 Å². The summed E-state index contributed by atoms with van der Waals surface area (Å²) in [5, 5.41) is 0. The Bertz CT molecular complexity index is 361. The van der Waals surface area contributed by atoms with Crippen molar-refractivity contribution in [1.82, 2.24) is 4.90 Å². The van der Waals surface area contributed by atoms with Gasteiger partial charge < -0.3 is 10.6 Å².